The van der Waals surface area contributed by atoms with Gasteiger partial charge in [0.1, 0.15) is 0 Å². The molecule has 1 aromatic carbocycles. The molecule has 0 bridgehead atoms. The summed E-state index contributed by atoms with van der Waals surface area (Å²) in [6.45, 7) is 7.27. The van der Waals surface area contributed by atoms with E-state index in [4.69, 9.17) is 10.5 Å². The van der Waals surface area contributed by atoms with Crippen molar-refractivity contribution in [1.82, 2.24) is 10.2 Å². The van der Waals surface area contributed by atoms with Crippen LogP contribution in [0.5, 0.6) is 0 Å². The summed E-state index contributed by atoms with van der Waals surface area (Å²) in [5, 5.41) is 3.06. The van der Waals surface area contributed by atoms with Crippen LogP contribution >= 0.6 is 24.8 Å². The van der Waals surface area contributed by atoms with Crippen molar-refractivity contribution < 1.29 is 9.53 Å². The lowest BCUT2D eigenvalue weighted by Crippen LogP contribution is -2.56. The maximum Gasteiger partial charge on any atom is 0.240 e. The average molecular weight is 418 g/mol. The molecule has 0 aromatic heterocycles. The van der Waals surface area contributed by atoms with Crippen molar-refractivity contribution in [1.29, 1.82) is 0 Å². The van der Waals surface area contributed by atoms with Gasteiger partial charge in [-0.2, -0.15) is 0 Å². The van der Waals surface area contributed by atoms with Gasteiger partial charge in [-0.15, -0.1) is 24.8 Å². The topological polar surface area (TPSA) is 67.6 Å². The Labute approximate surface area is 175 Å². The van der Waals surface area contributed by atoms with Gasteiger partial charge in [0, 0.05) is 32.8 Å². The number of ether oxygens (including phenoxy) is 1. The lowest BCUT2D eigenvalue weighted by Gasteiger charge is -2.32. The molecule has 2 heterocycles. The Kier molecular flexibility index (Phi) is 10.1. The molecule has 3 rings (SSSR count). The standard InChI is InChI=1S/C20H31N3O2.2ClH/c1-16-5-4-10-23(14-16)15-18-7-3-2-6-17(18)13-22-19(24)20(21)8-11-25-12-9-20;;/h2-3,6-7,16H,4-5,8-15,21H2,1H3,(H,22,24);2*1H. The highest BCUT2D eigenvalue weighted by atomic mass is 35.5. The van der Waals surface area contributed by atoms with Crippen LogP contribution in [0.3, 0.4) is 0 Å². The summed E-state index contributed by atoms with van der Waals surface area (Å²) < 4.78 is 5.32. The zero-order valence-electron chi connectivity index (χ0n) is 16.1. The first-order chi connectivity index (χ1) is 12.1. The van der Waals surface area contributed by atoms with Crippen LogP contribution in [-0.2, 0) is 22.6 Å². The van der Waals surface area contributed by atoms with Crippen molar-refractivity contribution in [3.8, 4) is 0 Å². The summed E-state index contributed by atoms with van der Waals surface area (Å²) in [6, 6.07) is 8.40. The third kappa shape index (κ3) is 6.61. The zero-order valence-corrected chi connectivity index (χ0v) is 17.7. The maximum atomic E-state index is 12.5. The summed E-state index contributed by atoms with van der Waals surface area (Å²) in [6.07, 6.45) is 3.78. The van der Waals surface area contributed by atoms with E-state index in [9.17, 15) is 4.79 Å². The zero-order chi connectivity index (χ0) is 17.7. The second kappa shape index (κ2) is 11.2. The van der Waals surface area contributed by atoms with E-state index in [0.29, 0.717) is 32.6 Å². The molecule has 27 heavy (non-hydrogen) atoms. The molecule has 0 radical (unpaired) electrons. The fraction of sp³-hybridized carbons (Fsp3) is 0.650. The minimum Gasteiger partial charge on any atom is -0.381 e. The SMILES string of the molecule is CC1CCCN(Cc2ccccc2CNC(=O)C2(N)CCOCC2)C1.Cl.Cl. The molecule has 0 saturated carbocycles. The maximum absolute atomic E-state index is 12.5. The number of rotatable bonds is 5. The molecule has 1 unspecified atom stereocenters. The van der Waals surface area contributed by atoms with Crippen LogP contribution in [-0.4, -0.2) is 42.6 Å². The molecule has 2 aliphatic heterocycles. The number of likely N-dealkylation sites (tertiary alicyclic amines) is 1. The van der Waals surface area contributed by atoms with Crippen molar-refractivity contribution in [3.63, 3.8) is 0 Å². The van der Waals surface area contributed by atoms with E-state index in [0.717, 1.165) is 25.6 Å². The van der Waals surface area contributed by atoms with Gasteiger partial charge in [0.15, 0.2) is 0 Å². The molecule has 2 fully saturated rings. The molecule has 0 aliphatic carbocycles. The van der Waals surface area contributed by atoms with Gasteiger partial charge in [0.25, 0.3) is 0 Å². The van der Waals surface area contributed by atoms with Crippen LogP contribution in [0.2, 0.25) is 0 Å². The van der Waals surface area contributed by atoms with Crippen LogP contribution in [0.25, 0.3) is 0 Å². The molecule has 0 spiro atoms. The number of halogens is 2. The molecule has 1 aromatic rings. The lowest BCUT2D eigenvalue weighted by atomic mass is 9.90. The fourth-order valence-corrected chi connectivity index (χ4v) is 3.87. The van der Waals surface area contributed by atoms with E-state index >= 15 is 0 Å². The largest absolute Gasteiger partial charge is 0.381 e. The number of benzene rings is 1. The van der Waals surface area contributed by atoms with Crippen LogP contribution < -0.4 is 11.1 Å². The number of amides is 1. The van der Waals surface area contributed by atoms with Crippen molar-refractivity contribution in [2.75, 3.05) is 26.3 Å². The van der Waals surface area contributed by atoms with Crippen LogP contribution in [0.4, 0.5) is 0 Å². The second-order valence-corrected chi connectivity index (χ2v) is 7.70. The molecule has 1 amide bonds. The molecule has 2 saturated heterocycles. The van der Waals surface area contributed by atoms with E-state index in [1.54, 1.807) is 0 Å². The van der Waals surface area contributed by atoms with Crippen LogP contribution in [0.15, 0.2) is 24.3 Å². The molecule has 1 atom stereocenters. The number of hydrogen-bond acceptors (Lipinski definition) is 4. The monoisotopic (exact) mass is 417 g/mol. The smallest absolute Gasteiger partial charge is 0.240 e. The van der Waals surface area contributed by atoms with E-state index in [-0.39, 0.29) is 30.7 Å². The van der Waals surface area contributed by atoms with E-state index in [1.807, 2.05) is 6.07 Å². The third-order valence-corrected chi connectivity index (χ3v) is 5.53. The fourth-order valence-electron chi connectivity index (χ4n) is 3.87. The van der Waals surface area contributed by atoms with E-state index in [1.165, 1.54) is 24.0 Å². The predicted molar refractivity (Wildman–Crippen MR) is 113 cm³/mol. The Hall–Kier alpha value is -0.850. The first kappa shape index (κ1) is 24.2. The van der Waals surface area contributed by atoms with Gasteiger partial charge in [-0.1, -0.05) is 31.2 Å². The molecular formula is C20H33Cl2N3O2. The number of carbonyl (C=O) groups is 1. The first-order valence-electron chi connectivity index (χ1n) is 9.51. The lowest BCUT2D eigenvalue weighted by molar-refractivity contribution is -0.129. The van der Waals surface area contributed by atoms with Gasteiger partial charge in [0.05, 0.1) is 5.54 Å². The third-order valence-electron chi connectivity index (χ3n) is 5.53. The first-order valence-corrected chi connectivity index (χ1v) is 9.51. The van der Waals surface area contributed by atoms with Crippen molar-refractivity contribution >= 4 is 30.7 Å². The quantitative estimate of drug-likeness (QED) is 0.772. The van der Waals surface area contributed by atoms with Gasteiger partial charge >= 0.3 is 0 Å². The van der Waals surface area contributed by atoms with Gasteiger partial charge in [-0.3, -0.25) is 9.69 Å². The number of carbonyl (C=O) groups excluding carboxylic acids is 1. The molecule has 5 nitrogen and oxygen atoms in total. The van der Waals surface area contributed by atoms with Crippen LogP contribution in [0.1, 0.15) is 43.7 Å². The summed E-state index contributed by atoms with van der Waals surface area (Å²) in [4.78, 5) is 15.1. The summed E-state index contributed by atoms with van der Waals surface area (Å²) >= 11 is 0. The van der Waals surface area contributed by atoms with Gasteiger partial charge in [-0.05, 0) is 49.3 Å². The van der Waals surface area contributed by atoms with Crippen LogP contribution in [0, 0.1) is 5.92 Å². The second-order valence-electron chi connectivity index (χ2n) is 7.70. The van der Waals surface area contributed by atoms with Gasteiger partial charge < -0.3 is 15.8 Å². The number of nitrogens with two attached hydrogens (primary N) is 1. The highest BCUT2D eigenvalue weighted by Crippen LogP contribution is 2.21. The Balaban J connectivity index is 0.00000182. The van der Waals surface area contributed by atoms with E-state index < -0.39 is 5.54 Å². The summed E-state index contributed by atoms with van der Waals surface area (Å²) in [7, 11) is 0. The minimum atomic E-state index is -0.782. The normalized spacial score (nSPS) is 22.2. The highest BCUT2D eigenvalue weighted by Gasteiger charge is 2.35. The Bertz CT molecular complexity index is 594. The highest BCUT2D eigenvalue weighted by molar-refractivity contribution is 5.86. The number of hydrogen-bond donors (Lipinski definition) is 2. The molecule has 154 valence electrons. The number of nitrogens with zero attached hydrogens (tertiary/aromatic N) is 1. The molecule has 7 heteroatoms. The summed E-state index contributed by atoms with van der Waals surface area (Å²) in [5.41, 5.74) is 7.97. The Morgan fingerprint density at radius 1 is 1.26 bits per heavy atom. The van der Waals surface area contributed by atoms with Gasteiger partial charge in [-0.25, -0.2) is 0 Å². The van der Waals surface area contributed by atoms with Crippen molar-refractivity contribution in [2.45, 2.75) is 51.2 Å². The average Bonchev–Trinajstić information content (AvgIpc) is 2.61. The Morgan fingerprint density at radius 3 is 2.59 bits per heavy atom. The minimum absolute atomic E-state index is 0. The predicted octanol–water partition coefficient (Wildman–Crippen LogP) is 2.89. The van der Waals surface area contributed by atoms with E-state index in [2.05, 4.69) is 35.3 Å². The number of piperidine rings is 1. The van der Waals surface area contributed by atoms with Crippen molar-refractivity contribution in [3.05, 3.63) is 35.4 Å². The molecular weight excluding hydrogens is 385 g/mol. The summed E-state index contributed by atoms with van der Waals surface area (Å²) in [5.74, 6) is 0.712. The number of nitrogens with one attached hydrogen (secondary N) is 1. The van der Waals surface area contributed by atoms with Crippen molar-refractivity contribution in [2.24, 2.45) is 11.7 Å². The molecule has 3 N–H and O–H groups in total. The van der Waals surface area contributed by atoms with Gasteiger partial charge in [0.2, 0.25) is 5.91 Å². The molecule has 2 aliphatic rings. The Morgan fingerprint density at radius 2 is 1.93 bits per heavy atom.